The molecule has 0 saturated carbocycles. The molecule has 0 radical (unpaired) electrons. The van der Waals surface area contributed by atoms with Gasteiger partial charge in [0.25, 0.3) is 0 Å². The predicted octanol–water partition coefficient (Wildman–Crippen LogP) is 2.49. The van der Waals surface area contributed by atoms with Crippen molar-refractivity contribution in [3.8, 4) is 0 Å². The molecule has 0 saturated heterocycles. The van der Waals surface area contributed by atoms with E-state index in [0.717, 1.165) is 18.6 Å². The van der Waals surface area contributed by atoms with Crippen LogP contribution >= 0.6 is 0 Å². The second kappa shape index (κ2) is 8.25. The average Bonchev–Trinajstić information content (AvgIpc) is 2.19. The highest BCUT2D eigenvalue weighted by molar-refractivity contribution is 4.71. The normalized spacial score (nSPS) is 15.9. The Morgan fingerprint density at radius 1 is 1.14 bits per heavy atom. The van der Waals surface area contributed by atoms with Gasteiger partial charge >= 0.3 is 0 Å². The fraction of sp³-hybridized carbons (Fsp3) is 1.00. The number of hydrogen-bond donors (Lipinski definition) is 1. The quantitative estimate of drug-likeness (QED) is 0.606. The number of rotatable bonds is 8. The molecule has 0 aliphatic heterocycles. The van der Waals surface area contributed by atoms with Gasteiger partial charge in [0.1, 0.15) is 0 Å². The van der Waals surface area contributed by atoms with Crippen LogP contribution in [0.3, 0.4) is 0 Å². The molecule has 2 heteroatoms. The zero-order chi connectivity index (χ0) is 11.0. The van der Waals surface area contributed by atoms with Crippen LogP contribution in [0.25, 0.3) is 0 Å². The van der Waals surface area contributed by atoms with E-state index in [9.17, 15) is 0 Å². The summed E-state index contributed by atoms with van der Waals surface area (Å²) in [5, 5.41) is 3.20. The molecule has 1 N–H and O–H groups in total. The molecule has 86 valence electrons. The van der Waals surface area contributed by atoms with E-state index in [1.807, 2.05) is 7.05 Å². The first-order chi connectivity index (χ1) is 6.67. The van der Waals surface area contributed by atoms with E-state index in [1.54, 1.807) is 0 Å². The van der Waals surface area contributed by atoms with E-state index in [1.165, 1.54) is 25.8 Å². The zero-order valence-electron chi connectivity index (χ0n) is 10.6. The van der Waals surface area contributed by atoms with Crippen molar-refractivity contribution < 1.29 is 0 Å². The maximum absolute atomic E-state index is 3.20. The van der Waals surface area contributed by atoms with Crippen LogP contribution < -0.4 is 5.32 Å². The van der Waals surface area contributed by atoms with Crippen molar-refractivity contribution in [2.45, 2.75) is 59.0 Å². The lowest BCUT2D eigenvalue weighted by Crippen LogP contribution is -2.40. The van der Waals surface area contributed by atoms with Gasteiger partial charge in [0.05, 0.1) is 0 Å². The van der Waals surface area contributed by atoms with Crippen LogP contribution in [0.4, 0.5) is 0 Å². The molecule has 0 aromatic rings. The maximum Gasteiger partial charge on any atom is 0.00701 e. The molecule has 0 heterocycles. The molecule has 0 bridgehead atoms. The molecule has 2 atom stereocenters. The summed E-state index contributed by atoms with van der Waals surface area (Å²) in [6.45, 7) is 11.5. The van der Waals surface area contributed by atoms with Crippen molar-refractivity contribution >= 4 is 0 Å². The summed E-state index contributed by atoms with van der Waals surface area (Å²) in [7, 11) is 2.02. The Bertz CT molecular complexity index is 125. The van der Waals surface area contributed by atoms with Crippen LogP contribution in [0.15, 0.2) is 0 Å². The Morgan fingerprint density at radius 2 is 1.79 bits per heavy atom. The van der Waals surface area contributed by atoms with E-state index in [4.69, 9.17) is 0 Å². The van der Waals surface area contributed by atoms with Crippen LogP contribution in [-0.4, -0.2) is 37.1 Å². The lowest BCUT2D eigenvalue weighted by Gasteiger charge is -2.33. The first kappa shape index (κ1) is 13.9. The molecule has 0 amide bonds. The second-order valence-electron chi connectivity index (χ2n) is 4.18. The van der Waals surface area contributed by atoms with Gasteiger partial charge in [0.15, 0.2) is 0 Å². The predicted molar refractivity (Wildman–Crippen MR) is 64.8 cm³/mol. The van der Waals surface area contributed by atoms with Gasteiger partial charge in [-0.1, -0.05) is 13.8 Å². The Kier molecular flexibility index (Phi) is 8.20. The van der Waals surface area contributed by atoms with E-state index >= 15 is 0 Å². The third kappa shape index (κ3) is 4.97. The van der Waals surface area contributed by atoms with Crippen LogP contribution in [-0.2, 0) is 0 Å². The van der Waals surface area contributed by atoms with E-state index in [2.05, 4.69) is 37.9 Å². The molecule has 2 unspecified atom stereocenters. The van der Waals surface area contributed by atoms with Crippen LogP contribution in [0, 0.1) is 0 Å². The molecular formula is C12H28N2. The molecular weight excluding hydrogens is 172 g/mol. The molecule has 0 rings (SSSR count). The second-order valence-corrected chi connectivity index (χ2v) is 4.18. The van der Waals surface area contributed by atoms with Gasteiger partial charge in [0.2, 0.25) is 0 Å². The van der Waals surface area contributed by atoms with Gasteiger partial charge in [-0.3, -0.25) is 4.90 Å². The summed E-state index contributed by atoms with van der Waals surface area (Å²) in [6.07, 6.45) is 3.84. The van der Waals surface area contributed by atoms with Crippen molar-refractivity contribution in [1.82, 2.24) is 10.2 Å². The first-order valence-electron chi connectivity index (χ1n) is 6.07. The fourth-order valence-corrected chi connectivity index (χ4v) is 2.03. The monoisotopic (exact) mass is 200 g/mol. The third-order valence-electron chi connectivity index (χ3n) is 3.14. The van der Waals surface area contributed by atoms with Gasteiger partial charge in [0, 0.05) is 12.1 Å². The zero-order valence-corrected chi connectivity index (χ0v) is 10.6. The molecule has 0 aliphatic rings. The molecule has 0 spiro atoms. The summed E-state index contributed by atoms with van der Waals surface area (Å²) in [5.74, 6) is 0. The van der Waals surface area contributed by atoms with E-state index in [-0.39, 0.29) is 0 Å². The number of nitrogens with one attached hydrogen (secondary N) is 1. The van der Waals surface area contributed by atoms with Crippen molar-refractivity contribution in [1.29, 1.82) is 0 Å². The Morgan fingerprint density at radius 3 is 2.21 bits per heavy atom. The van der Waals surface area contributed by atoms with Crippen molar-refractivity contribution in [3.05, 3.63) is 0 Å². The Labute approximate surface area is 90.1 Å². The minimum absolute atomic E-state index is 0.725. The summed E-state index contributed by atoms with van der Waals surface area (Å²) in [5.41, 5.74) is 0. The minimum atomic E-state index is 0.725. The molecule has 0 aliphatic carbocycles. The SMILES string of the molecule is CCC(C)N(CC)C(C)CCCNC. The highest BCUT2D eigenvalue weighted by atomic mass is 15.2. The number of nitrogens with zero attached hydrogens (tertiary/aromatic N) is 1. The van der Waals surface area contributed by atoms with Crippen molar-refractivity contribution in [3.63, 3.8) is 0 Å². The average molecular weight is 200 g/mol. The van der Waals surface area contributed by atoms with Crippen LogP contribution in [0.2, 0.25) is 0 Å². The summed E-state index contributed by atoms with van der Waals surface area (Å²) < 4.78 is 0. The first-order valence-corrected chi connectivity index (χ1v) is 6.07. The van der Waals surface area contributed by atoms with Crippen LogP contribution in [0.1, 0.15) is 47.0 Å². The van der Waals surface area contributed by atoms with Gasteiger partial charge in [-0.05, 0) is 53.2 Å². The van der Waals surface area contributed by atoms with Gasteiger partial charge in [-0.15, -0.1) is 0 Å². The lowest BCUT2D eigenvalue weighted by atomic mass is 10.1. The van der Waals surface area contributed by atoms with Gasteiger partial charge in [-0.2, -0.15) is 0 Å². The molecule has 14 heavy (non-hydrogen) atoms. The minimum Gasteiger partial charge on any atom is -0.320 e. The van der Waals surface area contributed by atoms with Gasteiger partial charge in [-0.25, -0.2) is 0 Å². The van der Waals surface area contributed by atoms with Crippen LogP contribution in [0.5, 0.6) is 0 Å². The molecule has 0 aromatic heterocycles. The number of hydrogen-bond acceptors (Lipinski definition) is 2. The lowest BCUT2D eigenvalue weighted by molar-refractivity contribution is 0.150. The van der Waals surface area contributed by atoms with Crippen molar-refractivity contribution in [2.24, 2.45) is 0 Å². The Balaban J connectivity index is 3.84. The molecule has 0 fully saturated rings. The molecule has 2 nitrogen and oxygen atoms in total. The maximum atomic E-state index is 3.20. The third-order valence-corrected chi connectivity index (χ3v) is 3.14. The van der Waals surface area contributed by atoms with Crippen molar-refractivity contribution in [2.75, 3.05) is 20.1 Å². The van der Waals surface area contributed by atoms with E-state index in [0.29, 0.717) is 0 Å². The largest absolute Gasteiger partial charge is 0.320 e. The van der Waals surface area contributed by atoms with Gasteiger partial charge < -0.3 is 5.32 Å². The summed E-state index contributed by atoms with van der Waals surface area (Å²) in [6, 6.07) is 1.45. The summed E-state index contributed by atoms with van der Waals surface area (Å²) >= 11 is 0. The van der Waals surface area contributed by atoms with E-state index < -0.39 is 0 Å². The molecule has 0 aromatic carbocycles. The highest BCUT2D eigenvalue weighted by Gasteiger charge is 2.16. The standard InChI is InChI=1S/C12H28N2/c1-6-11(3)14(7-2)12(4)9-8-10-13-5/h11-13H,6-10H2,1-5H3. The smallest absolute Gasteiger partial charge is 0.00701 e. The topological polar surface area (TPSA) is 15.3 Å². The highest BCUT2D eigenvalue weighted by Crippen LogP contribution is 2.12. The fourth-order valence-electron chi connectivity index (χ4n) is 2.03. The Hall–Kier alpha value is -0.0800. The summed E-state index contributed by atoms with van der Waals surface area (Å²) in [4.78, 5) is 2.61.